The first-order chi connectivity index (χ1) is 17.7. The zero-order chi connectivity index (χ0) is 26.4. The number of aryl methyl sites for hydroxylation is 3. The second kappa shape index (κ2) is 11.7. The summed E-state index contributed by atoms with van der Waals surface area (Å²) in [6.45, 7) is 2.18. The number of aromatic nitrogens is 2. The van der Waals surface area contributed by atoms with Gasteiger partial charge in [-0.15, -0.1) is 13.2 Å². The largest absolute Gasteiger partial charge is 0.573 e. The van der Waals surface area contributed by atoms with Gasteiger partial charge in [0, 0.05) is 23.3 Å². The van der Waals surface area contributed by atoms with Crippen LogP contribution in [0.1, 0.15) is 49.3 Å². The van der Waals surface area contributed by atoms with Crippen molar-refractivity contribution in [1.29, 1.82) is 0 Å². The Morgan fingerprint density at radius 3 is 2.27 bits per heavy atom. The lowest BCUT2D eigenvalue weighted by Gasteiger charge is -2.11. The number of nitrogens with zero attached hydrogens (tertiary/aromatic N) is 2. The number of benzene rings is 3. The van der Waals surface area contributed by atoms with Gasteiger partial charge in [0.2, 0.25) is 0 Å². The minimum atomic E-state index is -4.97. The minimum Gasteiger partial charge on any atom is -0.403 e. The number of alkyl halides is 3. The van der Waals surface area contributed by atoms with E-state index in [1.54, 1.807) is 24.3 Å². The second-order valence-electron chi connectivity index (χ2n) is 9.01. The van der Waals surface area contributed by atoms with E-state index < -0.39 is 17.9 Å². The van der Waals surface area contributed by atoms with Crippen LogP contribution in [0, 0.1) is 11.6 Å². The predicted molar refractivity (Wildman–Crippen MR) is 133 cm³/mol. The second-order valence-corrected chi connectivity index (χ2v) is 9.01. The highest BCUT2D eigenvalue weighted by Gasteiger charge is 2.32. The maximum Gasteiger partial charge on any atom is 0.573 e. The summed E-state index contributed by atoms with van der Waals surface area (Å²) in [5, 5.41) is 1.14. The van der Waals surface area contributed by atoms with Crippen molar-refractivity contribution in [2.75, 3.05) is 0 Å². The standard InChI is InChI=1S/C29H27F5N2O/c1-2-3-4-5-6-20-17-35-28(36-18-20)23-12-13-24-22(16-23)11-10-21(27(24)31)9-7-19-8-14-26(25(30)15-19)37-29(32,33)34/h8,10-18H,2-7,9H2,1H3. The van der Waals surface area contributed by atoms with E-state index in [0.717, 1.165) is 36.1 Å². The first kappa shape index (κ1) is 26.5. The van der Waals surface area contributed by atoms with E-state index in [2.05, 4.69) is 21.6 Å². The Kier molecular flexibility index (Phi) is 8.36. The molecule has 0 N–H and O–H groups in total. The number of unbranched alkanes of at least 4 members (excludes halogenated alkanes) is 3. The van der Waals surface area contributed by atoms with Crippen LogP contribution in [0.4, 0.5) is 22.0 Å². The van der Waals surface area contributed by atoms with E-state index in [1.807, 2.05) is 18.5 Å². The highest BCUT2D eigenvalue weighted by atomic mass is 19.4. The molecule has 0 radical (unpaired) electrons. The van der Waals surface area contributed by atoms with Crippen molar-refractivity contribution >= 4 is 10.8 Å². The molecule has 37 heavy (non-hydrogen) atoms. The van der Waals surface area contributed by atoms with Gasteiger partial charge in [-0.25, -0.2) is 18.7 Å². The average molecular weight is 515 g/mol. The average Bonchev–Trinajstić information content (AvgIpc) is 2.87. The van der Waals surface area contributed by atoms with Crippen molar-refractivity contribution in [2.24, 2.45) is 0 Å². The molecule has 0 spiro atoms. The van der Waals surface area contributed by atoms with Crippen LogP contribution >= 0.6 is 0 Å². The lowest BCUT2D eigenvalue weighted by Crippen LogP contribution is -2.18. The molecule has 0 saturated heterocycles. The molecule has 3 nitrogen and oxygen atoms in total. The SMILES string of the molecule is CCCCCCc1cnc(-c2ccc3c(F)c(CCc4ccc(OC(F)(F)F)c(F)c4)ccc3c2)nc1. The van der Waals surface area contributed by atoms with Crippen LogP contribution in [0.15, 0.2) is 60.9 Å². The van der Waals surface area contributed by atoms with Crippen molar-refractivity contribution in [1.82, 2.24) is 9.97 Å². The molecule has 1 aromatic heterocycles. The fraction of sp³-hybridized carbons (Fsp3) is 0.310. The molecule has 4 aromatic rings. The third-order valence-corrected chi connectivity index (χ3v) is 6.22. The highest BCUT2D eigenvalue weighted by molar-refractivity contribution is 5.87. The van der Waals surface area contributed by atoms with E-state index >= 15 is 4.39 Å². The Bertz CT molecular complexity index is 1350. The molecular weight excluding hydrogens is 487 g/mol. The lowest BCUT2D eigenvalue weighted by atomic mass is 9.99. The van der Waals surface area contributed by atoms with Crippen molar-refractivity contribution in [3.8, 4) is 17.1 Å². The maximum absolute atomic E-state index is 15.2. The van der Waals surface area contributed by atoms with Crippen molar-refractivity contribution < 1.29 is 26.7 Å². The molecule has 0 fully saturated rings. The predicted octanol–water partition coefficient (Wildman–Crippen LogP) is 8.38. The van der Waals surface area contributed by atoms with Gasteiger partial charge < -0.3 is 4.74 Å². The summed E-state index contributed by atoms with van der Waals surface area (Å²) in [6.07, 6.45) is 4.88. The summed E-state index contributed by atoms with van der Waals surface area (Å²) >= 11 is 0. The van der Waals surface area contributed by atoms with Gasteiger partial charge in [0.1, 0.15) is 5.82 Å². The van der Waals surface area contributed by atoms with Crippen LogP contribution in [-0.2, 0) is 19.3 Å². The molecule has 0 unspecified atom stereocenters. The van der Waals surface area contributed by atoms with Crippen molar-refractivity contribution in [3.63, 3.8) is 0 Å². The Balaban J connectivity index is 1.44. The lowest BCUT2D eigenvalue weighted by molar-refractivity contribution is -0.275. The molecule has 4 rings (SSSR count). The number of ether oxygens (including phenoxy) is 1. The molecule has 0 bridgehead atoms. The summed E-state index contributed by atoms with van der Waals surface area (Å²) in [5.41, 5.74) is 2.75. The zero-order valence-corrected chi connectivity index (χ0v) is 20.4. The smallest absolute Gasteiger partial charge is 0.403 e. The molecule has 0 aliphatic heterocycles. The summed E-state index contributed by atoms with van der Waals surface area (Å²) in [5.74, 6) is -1.82. The summed E-state index contributed by atoms with van der Waals surface area (Å²) in [7, 11) is 0. The molecule has 0 aliphatic carbocycles. The Morgan fingerprint density at radius 2 is 1.57 bits per heavy atom. The molecular formula is C29H27F5N2O. The highest BCUT2D eigenvalue weighted by Crippen LogP contribution is 2.29. The fourth-order valence-corrected chi connectivity index (χ4v) is 4.24. The zero-order valence-electron chi connectivity index (χ0n) is 20.4. The van der Waals surface area contributed by atoms with Gasteiger partial charge in [-0.3, -0.25) is 0 Å². The van der Waals surface area contributed by atoms with Crippen molar-refractivity contribution in [3.05, 3.63) is 89.2 Å². The molecule has 3 aromatic carbocycles. The Labute approximate surface area is 212 Å². The fourth-order valence-electron chi connectivity index (χ4n) is 4.24. The molecule has 1 heterocycles. The van der Waals surface area contributed by atoms with Crippen LogP contribution in [0.5, 0.6) is 5.75 Å². The van der Waals surface area contributed by atoms with Crippen molar-refractivity contribution in [2.45, 2.75) is 58.2 Å². The molecule has 8 heteroatoms. The third-order valence-electron chi connectivity index (χ3n) is 6.22. The summed E-state index contributed by atoms with van der Waals surface area (Å²) in [4.78, 5) is 8.97. The van der Waals surface area contributed by atoms with Gasteiger partial charge in [0.25, 0.3) is 0 Å². The summed E-state index contributed by atoms with van der Waals surface area (Å²) in [6, 6.07) is 12.0. The van der Waals surface area contributed by atoms with Crippen LogP contribution in [0.3, 0.4) is 0 Å². The number of hydrogen-bond acceptors (Lipinski definition) is 3. The van der Waals surface area contributed by atoms with Crippen LogP contribution in [-0.4, -0.2) is 16.3 Å². The van der Waals surface area contributed by atoms with E-state index in [9.17, 15) is 17.6 Å². The molecule has 0 atom stereocenters. The summed E-state index contributed by atoms with van der Waals surface area (Å²) < 4.78 is 69.8. The van der Waals surface area contributed by atoms with E-state index in [1.165, 1.54) is 25.3 Å². The van der Waals surface area contributed by atoms with E-state index in [-0.39, 0.29) is 18.7 Å². The third kappa shape index (κ3) is 7.02. The first-order valence-electron chi connectivity index (χ1n) is 12.3. The van der Waals surface area contributed by atoms with E-state index in [0.29, 0.717) is 27.7 Å². The Morgan fingerprint density at radius 1 is 0.784 bits per heavy atom. The molecule has 0 amide bonds. The number of rotatable bonds is 10. The first-order valence-corrected chi connectivity index (χ1v) is 12.3. The van der Waals surface area contributed by atoms with Crippen LogP contribution < -0.4 is 4.74 Å². The van der Waals surface area contributed by atoms with Crippen LogP contribution in [0.2, 0.25) is 0 Å². The minimum absolute atomic E-state index is 0.252. The number of hydrogen-bond donors (Lipinski definition) is 0. The van der Waals surface area contributed by atoms with Gasteiger partial charge in [0.05, 0.1) is 0 Å². The monoisotopic (exact) mass is 514 g/mol. The van der Waals surface area contributed by atoms with Gasteiger partial charge in [-0.2, -0.15) is 0 Å². The number of fused-ring (bicyclic) bond motifs is 1. The van der Waals surface area contributed by atoms with Gasteiger partial charge >= 0.3 is 6.36 Å². The Hall–Kier alpha value is -3.55. The van der Waals surface area contributed by atoms with Gasteiger partial charge in [0.15, 0.2) is 17.4 Å². The molecule has 194 valence electrons. The quantitative estimate of drug-likeness (QED) is 0.157. The molecule has 0 saturated carbocycles. The maximum atomic E-state index is 15.2. The van der Waals surface area contributed by atoms with Gasteiger partial charge in [-0.05, 0) is 66.0 Å². The number of halogens is 5. The van der Waals surface area contributed by atoms with Gasteiger partial charge in [-0.1, -0.05) is 56.5 Å². The molecule has 0 aliphatic rings. The topological polar surface area (TPSA) is 35.0 Å². The van der Waals surface area contributed by atoms with E-state index in [4.69, 9.17) is 0 Å². The van der Waals surface area contributed by atoms with Crippen LogP contribution in [0.25, 0.3) is 22.2 Å². The normalized spacial score (nSPS) is 11.7.